The smallest absolute Gasteiger partial charge is 0.123 e. The Morgan fingerprint density at radius 3 is 2.24 bits per heavy atom. The van der Waals surface area contributed by atoms with Crippen molar-refractivity contribution in [2.24, 2.45) is 0 Å². The molecule has 0 spiro atoms. The summed E-state index contributed by atoms with van der Waals surface area (Å²) in [6.07, 6.45) is 0.489. The fourth-order valence-corrected chi connectivity index (χ4v) is 3.42. The van der Waals surface area contributed by atoms with E-state index >= 15 is 0 Å². The van der Waals surface area contributed by atoms with Crippen LogP contribution in [0.15, 0.2) is 42.5 Å². The van der Waals surface area contributed by atoms with Crippen LogP contribution in [0.4, 0.5) is 4.39 Å². The van der Waals surface area contributed by atoms with Crippen molar-refractivity contribution in [2.75, 3.05) is 11.8 Å². The lowest BCUT2D eigenvalue weighted by atomic mass is 9.78. The SMILES string of the molecule is Fc1cccc(C(CCl)(CCl)Cc2cccc(Cl)c2Cl)c1. The van der Waals surface area contributed by atoms with Gasteiger partial charge in [0.2, 0.25) is 0 Å². The van der Waals surface area contributed by atoms with Crippen LogP contribution in [-0.4, -0.2) is 11.8 Å². The van der Waals surface area contributed by atoms with Crippen LogP contribution < -0.4 is 0 Å². The maximum Gasteiger partial charge on any atom is 0.123 e. The molecule has 2 aromatic carbocycles. The second kappa shape index (κ2) is 7.19. The molecular weight excluding hydrogens is 353 g/mol. The van der Waals surface area contributed by atoms with E-state index in [9.17, 15) is 4.39 Å². The van der Waals surface area contributed by atoms with Gasteiger partial charge in [0.25, 0.3) is 0 Å². The highest BCUT2D eigenvalue weighted by Crippen LogP contribution is 2.36. The molecule has 0 saturated carbocycles. The zero-order chi connectivity index (χ0) is 15.5. The summed E-state index contributed by atoms with van der Waals surface area (Å²) in [6, 6.07) is 11.7. The van der Waals surface area contributed by atoms with Crippen LogP contribution in [0.3, 0.4) is 0 Å². The second-order valence-electron chi connectivity index (χ2n) is 4.95. The van der Waals surface area contributed by atoms with Crippen LogP contribution in [0, 0.1) is 5.82 Å². The summed E-state index contributed by atoms with van der Waals surface area (Å²) in [5, 5.41) is 0.960. The highest BCUT2D eigenvalue weighted by molar-refractivity contribution is 6.42. The van der Waals surface area contributed by atoms with Gasteiger partial charge in [0.1, 0.15) is 5.82 Å². The van der Waals surface area contributed by atoms with Gasteiger partial charge in [0, 0.05) is 17.2 Å². The summed E-state index contributed by atoms with van der Waals surface area (Å²) < 4.78 is 13.5. The molecule has 0 aliphatic rings. The van der Waals surface area contributed by atoms with Gasteiger partial charge >= 0.3 is 0 Å². The van der Waals surface area contributed by atoms with Crippen LogP contribution in [0.5, 0.6) is 0 Å². The van der Waals surface area contributed by atoms with E-state index < -0.39 is 5.41 Å². The Balaban J connectivity index is 2.45. The molecule has 0 N–H and O–H groups in total. The average Bonchev–Trinajstić information content (AvgIpc) is 2.49. The fourth-order valence-electron chi connectivity index (χ4n) is 2.25. The van der Waals surface area contributed by atoms with E-state index in [2.05, 4.69) is 0 Å². The van der Waals surface area contributed by atoms with Gasteiger partial charge in [0.15, 0.2) is 0 Å². The highest BCUT2D eigenvalue weighted by atomic mass is 35.5. The lowest BCUT2D eigenvalue weighted by Gasteiger charge is -2.31. The molecule has 0 bridgehead atoms. The van der Waals surface area contributed by atoms with Crippen molar-refractivity contribution in [3.8, 4) is 0 Å². The molecule has 0 amide bonds. The first kappa shape index (κ1) is 16.9. The Labute approximate surface area is 143 Å². The van der Waals surface area contributed by atoms with E-state index in [1.165, 1.54) is 12.1 Å². The molecule has 2 rings (SSSR count). The fraction of sp³-hybridized carbons (Fsp3) is 0.250. The molecule has 0 radical (unpaired) electrons. The van der Waals surface area contributed by atoms with Crippen molar-refractivity contribution >= 4 is 46.4 Å². The third-order valence-corrected chi connectivity index (χ3v) is 5.39. The topological polar surface area (TPSA) is 0 Å². The number of benzene rings is 2. The molecule has 0 atom stereocenters. The van der Waals surface area contributed by atoms with Gasteiger partial charge < -0.3 is 0 Å². The number of rotatable bonds is 5. The lowest BCUT2D eigenvalue weighted by molar-refractivity contribution is 0.528. The Morgan fingerprint density at radius 2 is 1.62 bits per heavy atom. The standard InChI is InChI=1S/C16H13Cl4F/c17-9-16(10-18,12-4-2-5-13(21)7-12)8-11-3-1-6-14(19)15(11)20/h1-7H,8-10H2. The monoisotopic (exact) mass is 364 g/mol. The molecule has 0 nitrogen and oxygen atoms in total. The lowest BCUT2D eigenvalue weighted by Crippen LogP contribution is -2.33. The molecule has 0 unspecified atom stereocenters. The van der Waals surface area contributed by atoms with Gasteiger partial charge in [-0.25, -0.2) is 4.39 Å². The summed E-state index contributed by atoms with van der Waals surface area (Å²) in [5.41, 5.74) is 0.998. The van der Waals surface area contributed by atoms with E-state index in [4.69, 9.17) is 46.4 Å². The summed E-state index contributed by atoms with van der Waals surface area (Å²) >= 11 is 24.6. The van der Waals surface area contributed by atoms with E-state index in [0.717, 1.165) is 11.1 Å². The van der Waals surface area contributed by atoms with Crippen LogP contribution >= 0.6 is 46.4 Å². The van der Waals surface area contributed by atoms with E-state index in [1.807, 2.05) is 18.2 Å². The Kier molecular flexibility index (Phi) is 5.79. The van der Waals surface area contributed by atoms with Crippen LogP contribution in [-0.2, 0) is 11.8 Å². The zero-order valence-corrected chi connectivity index (χ0v) is 14.1. The van der Waals surface area contributed by atoms with Gasteiger partial charge in [-0.1, -0.05) is 47.5 Å². The summed E-state index contributed by atoms with van der Waals surface area (Å²) in [6.45, 7) is 0. The molecule has 5 heteroatoms. The molecule has 0 saturated heterocycles. The minimum atomic E-state index is -0.598. The molecule has 0 aliphatic carbocycles. The predicted octanol–water partition coefficient (Wildman–Crippen LogP) is 6.09. The summed E-state index contributed by atoms with van der Waals surface area (Å²) in [5.74, 6) is 0.190. The van der Waals surface area contributed by atoms with Gasteiger partial charge in [0.05, 0.1) is 10.0 Å². The number of halogens is 5. The number of hydrogen-bond acceptors (Lipinski definition) is 0. The molecule has 112 valence electrons. The highest BCUT2D eigenvalue weighted by Gasteiger charge is 2.32. The Hall–Kier alpha value is -0.470. The maximum absolute atomic E-state index is 13.5. The third kappa shape index (κ3) is 3.65. The molecule has 0 fully saturated rings. The van der Waals surface area contributed by atoms with Gasteiger partial charge in [-0.3, -0.25) is 0 Å². The third-order valence-electron chi connectivity index (χ3n) is 3.51. The first-order valence-electron chi connectivity index (χ1n) is 6.33. The molecule has 2 aromatic rings. The largest absolute Gasteiger partial charge is 0.207 e. The van der Waals surface area contributed by atoms with Crippen molar-refractivity contribution in [2.45, 2.75) is 11.8 Å². The Morgan fingerprint density at radius 1 is 0.952 bits per heavy atom. The normalized spacial score (nSPS) is 11.7. The average molecular weight is 366 g/mol. The van der Waals surface area contributed by atoms with E-state index in [0.29, 0.717) is 16.5 Å². The van der Waals surface area contributed by atoms with Crippen molar-refractivity contribution in [3.05, 3.63) is 69.5 Å². The number of alkyl halides is 2. The first-order valence-corrected chi connectivity index (χ1v) is 8.16. The molecular formula is C16H13Cl4F. The summed E-state index contributed by atoms with van der Waals surface area (Å²) in [4.78, 5) is 0. The summed E-state index contributed by atoms with van der Waals surface area (Å²) in [7, 11) is 0. The van der Waals surface area contributed by atoms with E-state index in [1.54, 1.807) is 12.1 Å². The van der Waals surface area contributed by atoms with Crippen LogP contribution in [0.25, 0.3) is 0 Å². The maximum atomic E-state index is 13.5. The minimum absolute atomic E-state index is 0.253. The molecule has 0 aliphatic heterocycles. The van der Waals surface area contributed by atoms with E-state index in [-0.39, 0.29) is 17.6 Å². The minimum Gasteiger partial charge on any atom is -0.207 e. The molecule has 0 aromatic heterocycles. The number of hydrogen-bond donors (Lipinski definition) is 0. The van der Waals surface area contributed by atoms with Crippen LogP contribution in [0.1, 0.15) is 11.1 Å². The van der Waals surface area contributed by atoms with Crippen molar-refractivity contribution in [1.82, 2.24) is 0 Å². The Bertz CT molecular complexity index is 623. The molecule has 0 heterocycles. The van der Waals surface area contributed by atoms with Gasteiger partial charge in [-0.05, 0) is 35.7 Å². The van der Waals surface area contributed by atoms with Crippen molar-refractivity contribution in [1.29, 1.82) is 0 Å². The molecule has 21 heavy (non-hydrogen) atoms. The van der Waals surface area contributed by atoms with Crippen molar-refractivity contribution < 1.29 is 4.39 Å². The predicted molar refractivity (Wildman–Crippen MR) is 89.7 cm³/mol. The quantitative estimate of drug-likeness (QED) is 0.562. The first-order chi connectivity index (χ1) is 10.0. The van der Waals surface area contributed by atoms with Crippen molar-refractivity contribution in [3.63, 3.8) is 0 Å². The van der Waals surface area contributed by atoms with Gasteiger partial charge in [-0.15, -0.1) is 23.2 Å². The van der Waals surface area contributed by atoms with Gasteiger partial charge in [-0.2, -0.15) is 0 Å². The zero-order valence-electron chi connectivity index (χ0n) is 11.1. The van der Waals surface area contributed by atoms with Crippen LogP contribution in [0.2, 0.25) is 10.0 Å². The second-order valence-corrected chi connectivity index (χ2v) is 6.27.